The molecule has 7 heteroatoms. The van der Waals surface area contributed by atoms with Crippen LogP contribution in [0.25, 0.3) is 11.0 Å². The van der Waals surface area contributed by atoms with E-state index in [1.807, 2.05) is 48.5 Å². The molecule has 0 saturated heterocycles. The maximum absolute atomic E-state index is 13.0. The molecule has 2 amide bonds. The number of carbonyl (C=O) groups excluding carboxylic acids is 1. The zero-order valence-corrected chi connectivity index (χ0v) is 15.6. The van der Waals surface area contributed by atoms with Crippen molar-refractivity contribution in [1.29, 1.82) is 0 Å². The molecule has 4 aromatic rings. The highest BCUT2D eigenvalue weighted by molar-refractivity contribution is 7.98. The number of para-hydroxylation sites is 1. The first kappa shape index (κ1) is 18.1. The fraction of sp³-hybridized carbons (Fsp3) is 0.0476. The van der Waals surface area contributed by atoms with Gasteiger partial charge >= 0.3 is 6.03 Å². The van der Waals surface area contributed by atoms with Crippen molar-refractivity contribution in [2.75, 3.05) is 10.6 Å². The van der Waals surface area contributed by atoms with Crippen molar-refractivity contribution in [2.24, 2.45) is 0 Å². The lowest BCUT2D eigenvalue weighted by atomic mass is 10.2. The van der Waals surface area contributed by atoms with Crippen molar-refractivity contribution < 1.29 is 9.18 Å². The largest absolute Gasteiger partial charge is 0.333 e. The first-order valence-electron chi connectivity index (χ1n) is 8.66. The van der Waals surface area contributed by atoms with Crippen LogP contribution in [-0.2, 0) is 5.75 Å². The molecule has 4 rings (SSSR count). The van der Waals surface area contributed by atoms with Gasteiger partial charge in [0.15, 0.2) is 5.16 Å². The third kappa shape index (κ3) is 4.50. The van der Waals surface area contributed by atoms with Crippen LogP contribution in [0, 0.1) is 5.82 Å². The Labute approximate surface area is 165 Å². The summed E-state index contributed by atoms with van der Waals surface area (Å²) in [5.74, 6) is 0.443. The van der Waals surface area contributed by atoms with Gasteiger partial charge in [0, 0.05) is 17.1 Å². The maximum Gasteiger partial charge on any atom is 0.323 e. The van der Waals surface area contributed by atoms with Gasteiger partial charge < -0.3 is 15.6 Å². The second-order valence-electron chi connectivity index (χ2n) is 6.13. The van der Waals surface area contributed by atoms with E-state index in [0.717, 1.165) is 27.4 Å². The fourth-order valence-electron chi connectivity index (χ4n) is 2.68. The number of fused-ring (bicyclic) bond motifs is 1. The number of H-pyrrole nitrogens is 1. The van der Waals surface area contributed by atoms with Crippen LogP contribution in [0.3, 0.4) is 0 Å². The van der Waals surface area contributed by atoms with Crippen molar-refractivity contribution in [3.8, 4) is 0 Å². The van der Waals surface area contributed by atoms with E-state index in [4.69, 9.17) is 0 Å². The SMILES string of the molecule is O=C(Nc1ccccc1)Nc1ccc2[nH]c(SCc3ccc(F)cc3)nc2c1. The van der Waals surface area contributed by atoms with Crippen LogP contribution in [-0.4, -0.2) is 16.0 Å². The molecule has 0 unspecified atom stereocenters. The summed E-state index contributed by atoms with van der Waals surface area (Å²) in [5.41, 5.74) is 4.05. The number of nitrogens with zero attached hydrogens (tertiary/aromatic N) is 1. The third-order valence-electron chi connectivity index (χ3n) is 4.04. The molecular weight excluding hydrogens is 375 g/mol. The Balaban J connectivity index is 1.41. The monoisotopic (exact) mass is 392 g/mol. The molecule has 5 nitrogen and oxygen atoms in total. The molecule has 3 N–H and O–H groups in total. The van der Waals surface area contributed by atoms with Crippen LogP contribution in [0.5, 0.6) is 0 Å². The summed E-state index contributed by atoms with van der Waals surface area (Å²) in [7, 11) is 0. The lowest BCUT2D eigenvalue weighted by Crippen LogP contribution is -2.19. The minimum Gasteiger partial charge on any atom is -0.333 e. The van der Waals surface area contributed by atoms with Gasteiger partial charge in [0.2, 0.25) is 0 Å². The fourth-order valence-corrected chi connectivity index (χ4v) is 3.52. The van der Waals surface area contributed by atoms with Crippen molar-refractivity contribution in [1.82, 2.24) is 9.97 Å². The Bertz CT molecular complexity index is 1100. The van der Waals surface area contributed by atoms with Crippen molar-refractivity contribution >= 4 is 40.2 Å². The Kier molecular flexibility index (Phi) is 5.25. The van der Waals surface area contributed by atoms with Crippen molar-refractivity contribution in [3.63, 3.8) is 0 Å². The number of nitrogens with one attached hydrogen (secondary N) is 3. The topological polar surface area (TPSA) is 69.8 Å². The number of thioether (sulfide) groups is 1. The van der Waals surface area contributed by atoms with E-state index in [0.29, 0.717) is 11.4 Å². The molecule has 0 aliphatic carbocycles. The van der Waals surface area contributed by atoms with Gasteiger partial charge in [-0.25, -0.2) is 14.2 Å². The molecule has 0 spiro atoms. The number of benzene rings is 3. The molecule has 28 heavy (non-hydrogen) atoms. The third-order valence-corrected chi connectivity index (χ3v) is 4.98. The molecule has 0 atom stereocenters. The quantitative estimate of drug-likeness (QED) is 0.385. The van der Waals surface area contributed by atoms with Crippen LogP contribution in [0.1, 0.15) is 5.56 Å². The number of rotatable bonds is 5. The number of anilines is 2. The number of aromatic nitrogens is 2. The first-order valence-corrected chi connectivity index (χ1v) is 9.64. The van der Waals surface area contributed by atoms with Crippen LogP contribution < -0.4 is 10.6 Å². The summed E-state index contributed by atoms with van der Waals surface area (Å²) in [4.78, 5) is 19.9. The predicted octanol–water partition coefficient (Wildman–Crippen LogP) is 5.64. The van der Waals surface area contributed by atoms with Gasteiger partial charge in [-0.15, -0.1) is 0 Å². The molecule has 140 valence electrons. The number of urea groups is 1. The van der Waals surface area contributed by atoms with Gasteiger partial charge in [-0.05, 0) is 48.0 Å². The number of hydrogen-bond acceptors (Lipinski definition) is 3. The standard InChI is InChI=1S/C21H17FN4OS/c22-15-8-6-14(7-9-15)13-28-21-25-18-11-10-17(12-19(18)26-21)24-20(27)23-16-4-2-1-3-5-16/h1-12H,13H2,(H,25,26)(H2,23,24,27). The Hall–Kier alpha value is -3.32. The molecule has 0 saturated carbocycles. The highest BCUT2D eigenvalue weighted by atomic mass is 32.2. The van der Waals surface area contributed by atoms with E-state index in [1.54, 1.807) is 12.1 Å². The zero-order chi connectivity index (χ0) is 19.3. The van der Waals surface area contributed by atoms with Crippen LogP contribution in [0.4, 0.5) is 20.6 Å². The average molecular weight is 392 g/mol. The molecule has 3 aromatic carbocycles. The number of carbonyl (C=O) groups is 1. The van der Waals surface area contributed by atoms with E-state index >= 15 is 0 Å². The molecule has 1 aromatic heterocycles. The van der Waals surface area contributed by atoms with Gasteiger partial charge in [-0.1, -0.05) is 42.1 Å². The Morgan fingerprint density at radius 3 is 2.50 bits per heavy atom. The molecule has 0 radical (unpaired) electrons. The number of halogens is 1. The second kappa shape index (κ2) is 8.14. The molecule has 0 bridgehead atoms. The molecule has 0 aliphatic heterocycles. The Morgan fingerprint density at radius 2 is 1.71 bits per heavy atom. The molecule has 0 aliphatic rings. The summed E-state index contributed by atoms with van der Waals surface area (Å²) < 4.78 is 13.0. The average Bonchev–Trinajstić information content (AvgIpc) is 3.10. The van der Waals surface area contributed by atoms with E-state index in [-0.39, 0.29) is 11.8 Å². The minimum absolute atomic E-state index is 0.242. The van der Waals surface area contributed by atoms with Crippen LogP contribution in [0.15, 0.2) is 78.0 Å². The number of imidazole rings is 1. The first-order chi connectivity index (χ1) is 13.7. The van der Waals surface area contributed by atoms with Crippen molar-refractivity contribution in [2.45, 2.75) is 10.9 Å². The van der Waals surface area contributed by atoms with Gasteiger partial charge in [0.05, 0.1) is 11.0 Å². The van der Waals surface area contributed by atoms with Gasteiger partial charge in [0.25, 0.3) is 0 Å². The molecule has 1 heterocycles. The zero-order valence-electron chi connectivity index (χ0n) is 14.8. The van der Waals surface area contributed by atoms with Crippen LogP contribution >= 0.6 is 11.8 Å². The van der Waals surface area contributed by atoms with Crippen molar-refractivity contribution in [3.05, 3.63) is 84.2 Å². The van der Waals surface area contributed by atoms with Crippen LogP contribution in [0.2, 0.25) is 0 Å². The Morgan fingerprint density at radius 1 is 0.964 bits per heavy atom. The second-order valence-corrected chi connectivity index (χ2v) is 7.10. The van der Waals surface area contributed by atoms with Gasteiger partial charge in [-0.3, -0.25) is 0 Å². The lowest BCUT2D eigenvalue weighted by molar-refractivity contribution is 0.262. The predicted molar refractivity (Wildman–Crippen MR) is 111 cm³/mol. The highest BCUT2D eigenvalue weighted by Crippen LogP contribution is 2.25. The molecule has 0 fully saturated rings. The number of hydrogen-bond donors (Lipinski definition) is 3. The lowest BCUT2D eigenvalue weighted by Gasteiger charge is -2.07. The molecular formula is C21H17FN4OS. The van der Waals surface area contributed by atoms with E-state index < -0.39 is 0 Å². The van der Waals surface area contributed by atoms with E-state index in [2.05, 4.69) is 20.6 Å². The highest BCUT2D eigenvalue weighted by Gasteiger charge is 2.07. The van der Waals surface area contributed by atoms with E-state index in [1.165, 1.54) is 23.9 Å². The maximum atomic E-state index is 13.0. The normalized spacial score (nSPS) is 10.8. The number of aromatic amines is 1. The van der Waals surface area contributed by atoms with Gasteiger partial charge in [-0.2, -0.15) is 0 Å². The summed E-state index contributed by atoms with van der Waals surface area (Å²) in [6.45, 7) is 0. The summed E-state index contributed by atoms with van der Waals surface area (Å²) in [6.07, 6.45) is 0. The number of amides is 2. The summed E-state index contributed by atoms with van der Waals surface area (Å²) in [5, 5.41) is 6.35. The summed E-state index contributed by atoms with van der Waals surface area (Å²) >= 11 is 1.54. The van der Waals surface area contributed by atoms with E-state index in [9.17, 15) is 9.18 Å². The van der Waals surface area contributed by atoms with Gasteiger partial charge in [0.1, 0.15) is 5.82 Å². The summed E-state index contributed by atoms with van der Waals surface area (Å²) in [6, 6.07) is 20.9. The smallest absolute Gasteiger partial charge is 0.323 e. The minimum atomic E-state index is -0.313.